The molecule has 2 aromatic heterocycles. The molecule has 0 atom stereocenters. The van der Waals surface area contributed by atoms with E-state index in [9.17, 15) is 9.90 Å². The van der Waals surface area contributed by atoms with E-state index in [1.54, 1.807) is 18.3 Å². The van der Waals surface area contributed by atoms with Gasteiger partial charge in [0.05, 0.1) is 11.6 Å². The molecule has 0 saturated carbocycles. The largest absolute Gasteiger partial charge is 0.478 e. The molecule has 2 heterocycles. The highest BCUT2D eigenvalue weighted by molar-refractivity contribution is 7.11. The van der Waals surface area contributed by atoms with E-state index >= 15 is 0 Å². The van der Waals surface area contributed by atoms with Crippen LogP contribution in [0.25, 0.3) is 11.0 Å². The predicted octanol–water partition coefficient (Wildman–Crippen LogP) is 3.84. The molecule has 0 aliphatic heterocycles. The Hall–Kier alpha value is -2.34. The summed E-state index contributed by atoms with van der Waals surface area (Å²) in [5.41, 5.74) is 1.78. The van der Waals surface area contributed by atoms with Crippen molar-refractivity contribution in [3.8, 4) is 0 Å². The zero-order chi connectivity index (χ0) is 15.9. The van der Waals surface area contributed by atoms with E-state index < -0.39 is 5.97 Å². The first-order chi connectivity index (χ1) is 10.5. The SMILES string of the molecule is Cc1ncc(CN(C)c2ccc3oc(C)c(C(=O)O)c3c2)s1. The first-order valence-electron chi connectivity index (χ1n) is 6.84. The molecule has 0 fully saturated rings. The molecule has 0 saturated heterocycles. The Morgan fingerprint density at radius 3 is 2.82 bits per heavy atom. The second-order valence-electron chi connectivity index (χ2n) is 5.22. The van der Waals surface area contributed by atoms with Crippen LogP contribution in [0, 0.1) is 13.8 Å². The third-order valence-electron chi connectivity index (χ3n) is 3.56. The molecular formula is C16H16N2O3S. The van der Waals surface area contributed by atoms with Crippen molar-refractivity contribution in [2.45, 2.75) is 20.4 Å². The average molecular weight is 316 g/mol. The minimum absolute atomic E-state index is 0.235. The summed E-state index contributed by atoms with van der Waals surface area (Å²) < 4.78 is 5.51. The molecule has 114 valence electrons. The number of nitrogens with zero attached hydrogens (tertiary/aromatic N) is 2. The van der Waals surface area contributed by atoms with Gasteiger partial charge in [-0.05, 0) is 32.0 Å². The number of rotatable bonds is 4. The van der Waals surface area contributed by atoms with Crippen LogP contribution in [-0.4, -0.2) is 23.1 Å². The molecule has 3 rings (SSSR count). The molecule has 1 N–H and O–H groups in total. The number of anilines is 1. The molecular weight excluding hydrogens is 300 g/mol. The molecule has 0 aliphatic rings. The molecule has 5 nitrogen and oxygen atoms in total. The second-order valence-corrected chi connectivity index (χ2v) is 6.54. The summed E-state index contributed by atoms with van der Waals surface area (Å²) in [6.07, 6.45) is 1.87. The summed E-state index contributed by atoms with van der Waals surface area (Å²) in [6.45, 7) is 4.39. The fourth-order valence-electron chi connectivity index (χ4n) is 2.51. The molecule has 0 amide bonds. The van der Waals surface area contributed by atoms with E-state index in [1.165, 1.54) is 4.88 Å². The molecule has 0 unspecified atom stereocenters. The van der Waals surface area contributed by atoms with Crippen LogP contribution >= 0.6 is 11.3 Å². The van der Waals surface area contributed by atoms with Gasteiger partial charge in [0, 0.05) is 29.2 Å². The Morgan fingerprint density at radius 2 is 2.18 bits per heavy atom. The number of hydrogen-bond acceptors (Lipinski definition) is 5. The number of fused-ring (bicyclic) bond motifs is 1. The number of thiazole rings is 1. The van der Waals surface area contributed by atoms with Gasteiger partial charge in [-0.3, -0.25) is 0 Å². The lowest BCUT2D eigenvalue weighted by Gasteiger charge is -2.18. The number of hydrogen-bond donors (Lipinski definition) is 1. The van der Waals surface area contributed by atoms with Crippen LogP contribution in [0.15, 0.2) is 28.8 Å². The first-order valence-corrected chi connectivity index (χ1v) is 7.66. The van der Waals surface area contributed by atoms with Gasteiger partial charge >= 0.3 is 5.97 Å². The molecule has 0 radical (unpaired) electrons. The highest BCUT2D eigenvalue weighted by Gasteiger charge is 2.18. The van der Waals surface area contributed by atoms with E-state index in [-0.39, 0.29) is 5.56 Å². The summed E-state index contributed by atoms with van der Waals surface area (Å²) >= 11 is 1.66. The van der Waals surface area contributed by atoms with Crippen molar-refractivity contribution < 1.29 is 14.3 Å². The molecule has 0 spiro atoms. The Kier molecular flexibility index (Phi) is 3.62. The van der Waals surface area contributed by atoms with Gasteiger partial charge in [0.25, 0.3) is 0 Å². The zero-order valence-electron chi connectivity index (χ0n) is 12.6. The lowest BCUT2D eigenvalue weighted by molar-refractivity contribution is 0.0697. The highest BCUT2D eigenvalue weighted by atomic mass is 32.1. The molecule has 3 aromatic rings. The number of carboxylic acid groups (broad SMARTS) is 1. The zero-order valence-corrected chi connectivity index (χ0v) is 13.4. The van der Waals surface area contributed by atoms with Gasteiger partial charge in [-0.25, -0.2) is 9.78 Å². The molecule has 0 aliphatic carbocycles. The third kappa shape index (κ3) is 2.57. The number of aromatic nitrogens is 1. The maximum atomic E-state index is 11.4. The number of carboxylic acids is 1. The Morgan fingerprint density at radius 1 is 1.41 bits per heavy atom. The van der Waals surface area contributed by atoms with E-state index in [0.717, 1.165) is 17.2 Å². The number of carbonyl (C=O) groups is 1. The Labute approximate surface area is 131 Å². The fraction of sp³-hybridized carbons (Fsp3) is 0.250. The van der Waals surface area contributed by atoms with Gasteiger partial charge in [-0.2, -0.15) is 0 Å². The van der Waals surface area contributed by atoms with Crippen molar-refractivity contribution in [3.05, 3.63) is 45.6 Å². The predicted molar refractivity (Wildman–Crippen MR) is 86.9 cm³/mol. The van der Waals surface area contributed by atoms with Gasteiger partial charge in [-0.15, -0.1) is 11.3 Å². The van der Waals surface area contributed by atoms with Crippen LogP contribution in [-0.2, 0) is 6.54 Å². The van der Waals surface area contributed by atoms with Gasteiger partial charge in [0.1, 0.15) is 16.9 Å². The Balaban J connectivity index is 1.97. The van der Waals surface area contributed by atoms with Crippen molar-refractivity contribution >= 4 is 34.0 Å². The topological polar surface area (TPSA) is 66.6 Å². The fourth-order valence-corrected chi connectivity index (χ4v) is 3.36. The standard InChI is InChI=1S/C16H16N2O3S/c1-9-15(16(19)20)13-6-11(4-5-14(13)21-9)18(3)8-12-7-17-10(2)22-12/h4-7H,8H2,1-3H3,(H,19,20). The molecule has 1 aromatic carbocycles. The monoisotopic (exact) mass is 316 g/mol. The normalized spacial score (nSPS) is 11.0. The quantitative estimate of drug-likeness (QED) is 0.792. The maximum Gasteiger partial charge on any atom is 0.339 e. The van der Waals surface area contributed by atoms with Crippen LogP contribution in [0.3, 0.4) is 0 Å². The number of aryl methyl sites for hydroxylation is 2. The van der Waals surface area contributed by atoms with Crippen molar-refractivity contribution in [1.29, 1.82) is 0 Å². The van der Waals surface area contributed by atoms with Crippen LogP contribution in [0.2, 0.25) is 0 Å². The summed E-state index contributed by atoms with van der Waals surface area (Å²) in [5.74, 6) is -0.533. The minimum atomic E-state index is -0.964. The van der Waals surface area contributed by atoms with Crippen molar-refractivity contribution in [1.82, 2.24) is 4.98 Å². The summed E-state index contributed by atoms with van der Waals surface area (Å²) in [5, 5.41) is 11.0. The lowest BCUT2D eigenvalue weighted by atomic mass is 10.1. The lowest BCUT2D eigenvalue weighted by Crippen LogP contribution is -2.15. The van der Waals surface area contributed by atoms with E-state index in [2.05, 4.69) is 9.88 Å². The maximum absolute atomic E-state index is 11.4. The van der Waals surface area contributed by atoms with Gasteiger partial charge in [0.2, 0.25) is 0 Å². The van der Waals surface area contributed by atoms with Crippen molar-refractivity contribution in [2.24, 2.45) is 0 Å². The molecule has 0 bridgehead atoms. The van der Waals surface area contributed by atoms with Crippen LogP contribution in [0.4, 0.5) is 5.69 Å². The van der Waals surface area contributed by atoms with Crippen LogP contribution in [0.1, 0.15) is 26.0 Å². The number of aromatic carboxylic acids is 1. The van der Waals surface area contributed by atoms with E-state index in [0.29, 0.717) is 16.7 Å². The number of furan rings is 1. The Bertz CT molecular complexity index is 850. The van der Waals surface area contributed by atoms with Crippen molar-refractivity contribution in [2.75, 3.05) is 11.9 Å². The molecule has 22 heavy (non-hydrogen) atoms. The second kappa shape index (κ2) is 5.46. The van der Waals surface area contributed by atoms with Gasteiger partial charge in [0.15, 0.2) is 0 Å². The first kappa shape index (κ1) is 14.6. The van der Waals surface area contributed by atoms with Crippen LogP contribution in [0.5, 0.6) is 0 Å². The third-order valence-corrected chi connectivity index (χ3v) is 4.46. The van der Waals surface area contributed by atoms with Crippen LogP contribution < -0.4 is 4.90 Å². The minimum Gasteiger partial charge on any atom is -0.478 e. The van der Waals surface area contributed by atoms with Gasteiger partial charge in [-0.1, -0.05) is 0 Å². The molecule has 6 heteroatoms. The van der Waals surface area contributed by atoms with Crippen molar-refractivity contribution in [3.63, 3.8) is 0 Å². The number of benzene rings is 1. The van der Waals surface area contributed by atoms with E-state index in [1.807, 2.05) is 38.4 Å². The smallest absolute Gasteiger partial charge is 0.339 e. The highest BCUT2D eigenvalue weighted by Crippen LogP contribution is 2.30. The summed E-state index contributed by atoms with van der Waals surface area (Å²) in [6, 6.07) is 5.62. The van der Waals surface area contributed by atoms with Gasteiger partial charge < -0.3 is 14.4 Å². The summed E-state index contributed by atoms with van der Waals surface area (Å²) in [7, 11) is 1.98. The summed E-state index contributed by atoms with van der Waals surface area (Å²) in [4.78, 5) is 18.9. The average Bonchev–Trinajstić information content (AvgIpc) is 2.99. The van der Waals surface area contributed by atoms with E-state index in [4.69, 9.17) is 4.42 Å².